The highest BCUT2D eigenvalue weighted by Crippen LogP contribution is 2.31. The topological polar surface area (TPSA) is 55.4 Å². The summed E-state index contributed by atoms with van der Waals surface area (Å²) in [5, 5.41) is 1.74. The van der Waals surface area contributed by atoms with Gasteiger partial charge in [0.15, 0.2) is 0 Å². The zero-order valence-corrected chi connectivity index (χ0v) is 16.1. The van der Waals surface area contributed by atoms with Crippen molar-refractivity contribution in [2.24, 2.45) is 0 Å². The Hall–Kier alpha value is -2.41. The SMILES string of the molecule is CCC(C)OC(=O)C(C)Sc1cc(NC(=O)c2ccccc2)c(F)cc1F. The number of carbonyl (C=O) groups is 2. The highest BCUT2D eigenvalue weighted by molar-refractivity contribution is 8.00. The van der Waals surface area contributed by atoms with Gasteiger partial charge in [0.25, 0.3) is 5.91 Å². The Morgan fingerprint density at radius 2 is 1.78 bits per heavy atom. The van der Waals surface area contributed by atoms with E-state index in [1.165, 1.54) is 6.07 Å². The molecular formula is C20H21F2NO3S. The number of benzene rings is 2. The lowest BCUT2D eigenvalue weighted by atomic mass is 10.2. The van der Waals surface area contributed by atoms with Crippen LogP contribution in [0.5, 0.6) is 0 Å². The van der Waals surface area contributed by atoms with Gasteiger partial charge in [0.2, 0.25) is 0 Å². The molecule has 1 N–H and O–H groups in total. The number of nitrogens with one attached hydrogen (secondary N) is 1. The summed E-state index contributed by atoms with van der Waals surface area (Å²) >= 11 is 0.909. The van der Waals surface area contributed by atoms with E-state index >= 15 is 0 Å². The third-order valence-electron chi connectivity index (χ3n) is 3.83. The maximum absolute atomic E-state index is 14.1. The highest BCUT2D eigenvalue weighted by Gasteiger charge is 2.21. The van der Waals surface area contributed by atoms with Gasteiger partial charge in [0, 0.05) is 16.5 Å². The minimum Gasteiger partial charge on any atom is -0.462 e. The van der Waals surface area contributed by atoms with E-state index in [1.807, 2.05) is 6.92 Å². The molecule has 4 nitrogen and oxygen atoms in total. The predicted molar refractivity (Wildman–Crippen MR) is 102 cm³/mol. The number of hydrogen-bond donors (Lipinski definition) is 1. The second-order valence-corrected chi connectivity index (χ2v) is 7.38. The fourth-order valence-electron chi connectivity index (χ4n) is 2.12. The number of anilines is 1. The standard InChI is InChI=1S/C20H21F2NO3S/c1-4-12(2)26-20(25)13(3)27-18-11-17(15(21)10-16(18)22)23-19(24)14-8-6-5-7-9-14/h5-13H,4H2,1-3H3,(H,23,24). The number of carbonyl (C=O) groups excluding carboxylic acids is 2. The molecule has 0 saturated heterocycles. The predicted octanol–water partition coefficient (Wildman–Crippen LogP) is 5.04. The third-order valence-corrected chi connectivity index (χ3v) is 4.95. The van der Waals surface area contributed by atoms with Crippen LogP contribution in [0.15, 0.2) is 47.4 Å². The molecule has 27 heavy (non-hydrogen) atoms. The Kier molecular flexibility index (Phi) is 7.36. The van der Waals surface area contributed by atoms with Crippen molar-refractivity contribution in [3.63, 3.8) is 0 Å². The zero-order chi connectivity index (χ0) is 20.0. The quantitative estimate of drug-likeness (QED) is 0.529. The van der Waals surface area contributed by atoms with Crippen molar-refractivity contribution in [1.82, 2.24) is 0 Å². The molecule has 2 unspecified atom stereocenters. The van der Waals surface area contributed by atoms with E-state index in [0.29, 0.717) is 18.1 Å². The lowest BCUT2D eigenvalue weighted by Crippen LogP contribution is -2.22. The number of thioether (sulfide) groups is 1. The lowest BCUT2D eigenvalue weighted by molar-refractivity contribution is -0.147. The maximum atomic E-state index is 14.1. The Morgan fingerprint density at radius 3 is 2.41 bits per heavy atom. The Labute approximate surface area is 161 Å². The molecular weight excluding hydrogens is 372 g/mol. The van der Waals surface area contributed by atoms with E-state index in [9.17, 15) is 18.4 Å². The van der Waals surface area contributed by atoms with Gasteiger partial charge in [-0.2, -0.15) is 0 Å². The fraction of sp³-hybridized carbons (Fsp3) is 0.300. The van der Waals surface area contributed by atoms with Crippen molar-refractivity contribution in [3.05, 3.63) is 59.7 Å². The van der Waals surface area contributed by atoms with Crippen LogP contribution in [0.4, 0.5) is 14.5 Å². The molecule has 0 aliphatic heterocycles. The number of rotatable bonds is 7. The molecule has 0 radical (unpaired) electrons. The molecule has 7 heteroatoms. The summed E-state index contributed by atoms with van der Waals surface area (Å²) in [6, 6.07) is 10.2. The van der Waals surface area contributed by atoms with Crippen LogP contribution in [0.3, 0.4) is 0 Å². The zero-order valence-electron chi connectivity index (χ0n) is 15.3. The van der Waals surface area contributed by atoms with E-state index in [0.717, 1.165) is 11.8 Å². The third kappa shape index (κ3) is 5.79. The van der Waals surface area contributed by atoms with Crippen molar-refractivity contribution in [2.75, 3.05) is 5.32 Å². The van der Waals surface area contributed by atoms with E-state index in [4.69, 9.17) is 4.74 Å². The molecule has 2 aromatic carbocycles. The van der Waals surface area contributed by atoms with Crippen LogP contribution in [0, 0.1) is 11.6 Å². The first-order valence-corrected chi connectivity index (χ1v) is 9.42. The summed E-state index contributed by atoms with van der Waals surface area (Å²) in [6.45, 7) is 5.24. The Bertz CT molecular complexity index is 814. The first-order chi connectivity index (χ1) is 12.8. The van der Waals surface area contributed by atoms with Crippen LogP contribution in [-0.4, -0.2) is 23.2 Å². The first-order valence-electron chi connectivity index (χ1n) is 8.54. The summed E-state index contributed by atoms with van der Waals surface area (Å²) in [6.07, 6.45) is 0.434. The molecule has 0 spiro atoms. The van der Waals surface area contributed by atoms with Crippen molar-refractivity contribution in [2.45, 2.75) is 43.4 Å². The maximum Gasteiger partial charge on any atom is 0.319 e. The molecule has 0 bridgehead atoms. The monoisotopic (exact) mass is 393 g/mol. The second kappa shape index (κ2) is 9.50. The van der Waals surface area contributed by atoms with Gasteiger partial charge < -0.3 is 10.1 Å². The van der Waals surface area contributed by atoms with Crippen molar-refractivity contribution >= 4 is 29.3 Å². The van der Waals surface area contributed by atoms with Crippen LogP contribution in [0.2, 0.25) is 0 Å². The normalized spacial score (nSPS) is 12.9. The van der Waals surface area contributed by atoms with Gasteiger partial charge in [0.1, 0.15) is 16.9 Å². The molecule has 0 aliphatic rings. The number of amides is 1. The average molecular weight is 393 g/mol. The number of halogens is 2. The molecule has 0 aromatic heterocycles. The number of hydrogen-bond acceptors (Lipinski definition) is 4. The summed E-state index contributed by atoms with van der Waals surface area (Å²) < 4.78 is 33.4. The smallest absolute Gasteiger partial charge is 0.319 e. The van der Waals surface area contributed by atoms with E-state index < -0.39 is 28.8 Å². The molecule has 1 amide bonds. The minimum atomic E-state index is -0.893. The van der Waals surface area contributed by atoms with E-state index in [-0.39, 0.29) is 16.7 Å². The Balaban J connectivity index is 2.15. The first kappa shape index (κ1) is 20.9. The lowest BCUT2D eigenvalue weighted by Gasteiger charge is -2.16. The van der Waals surface area contributed by atoms with Crippen LogP contribution in [0.1, 0.15) is 37.6 Å². The van der Waals surface area contributed by atoms with Gasteiger partial charge in [-0.1, -0.05) is 25.1 Å². The molecule has 0 heterocycles. The van der Waals surface area contributed by atoms with E-state index in [1.54, 1.807) is 44.2 Å². The number of ether oxygens (including phenoxy) is 1. The fourth-order valence-corrected chi connectivity index (χ4v) is 3.01. The van der Waals surface area contributed by atoms with Crippen LogP contribution < -0.4 is 5.32 Å². The highest BCUT2D eigenvalue weighted by atomic mass is 32.2. The summed E-state index contributed by atoms with van der Waals surface area (Å²) in [5.74, 6) is -2.69. The van der Waals surface area contributed by atoms with Crippen LogP contribution in [0.25, 0.3) is 0 Å². The molecule has 144 valence electrons. The van der Waals surface area contributed by atoms with Gasteiger partial charge in [0.05, 0.1) is 11.8 Å². The molecule has 2 rings (SSSR count). The van der Waals surface area contributed by atoms with Crippen molar-refractivity contribution < 1.29 is 23.1 Å². The van der Waals surface area contributed by atoms with Crippen LogP contribution >= 0.6 is 11.8 Å². The number of esters is 1. The van der Waals surface area contributed by atoms with Crippen LogP contribution in [-0.2, 0) is 9.53 Å². The molecule has 0 fully saturated rings. The van der Waals surface area contributed by atoms with Gasteiger partial charge in [-0.3, -0.25) is 9.59 Å². The van der Waals surface area contributed by atoms with Gasteiger partial charge in [-0.15, -0.1) is 11.8 Å². The van der Waals surface area contributed by atoms with Gasteiger partial charge in [-0.25, -0.2) is 8.78 Å². The van der Waals surface area contributed by atoms with Gasteiger partial charge in [-0.05, 0) is 38.5 Å². The summed E-state index contributed by atoms with van der Waals surface area (Å²) in [5.41, 5.74) is 0.191. The van der Waals surface area contributed by atoms with Crippen molar-refractivity contribution in [3.8, 4) is 0 Å². The molecule has 2 aromatic rings. The second-order valence-electron chi connectivity index (χ2n) is 6.00. The van der Waals surface area contributed by atoms with Gasteiger partial charge >= 0.3 is 5.97 Å². The average Bonchev–Trinajstić information content (AvgIpc) is 2.65. The minimum absolute atomic E-state index is 0.0494. The van der Waals surface area contributed by atoms with E-state index in [2.05, 4.69) is 5.32 Å². The molecule has 0 saturated carbocycles. The molecule has 0 aliphatic carbocycles. The Morgan fingerprint density at radius 1 is 1.11 bits per heavy atom. The van der Waals surface area contributed by atoms with Crippen molar-refractivity contribution in [1.29, 1.82) is 0 Å². The largest absolute Gasteiger partial charge is 0.462 e. The summed E-state index contributed by atoms with van der Waals surface area (Å²) in [7, 11) is 0. The summed E-state index contributed by atoms with van der Waals surface area (Å²) in [4.78, 5) is 24.3. The molecule has 2 atom stereocenters.